The summed E-state index contributed by atoms with van der Waals surface area (Å²) in [4.78, 5) is 13.0. The minimum Gasteiger partial charge on any atom is -0.324 e. The van der Waals surface area contributed by atoms with E-state index in [0.29, 0.717) is 5.88 Å². The van der Waals surface area contributed by atoms with Crippen LogP contribution in [0.1, 0.15) is 104 Å². The number of nitrogens with two attached hydrogens (primary N) is 1. The van der Waals surface area contributed by atoms with Crippen molar-refractivity contribution in [3.8, 4) is 0 Å². The van der Waals surface area contributed by atoms with Crippen molar-refractivity contribution in [2.75, 3.05) is 25.5 Å². The number of hydrogen-bond acceptors (Lipinski definition) is 4. The fourth-order valence-electron chi connectivity index (χ4n) is 8.62. The maximum absolute atomic E-state index is 13.3. The molecule has 0 saturated heterocycles. The first kappa shape index (κ1) is 65.3. The van der Waals surface area contributed by atoms with Crippen LogP contribution in [-0.4, -0.2) is 36.7 Å². The summed E-state index contributed by atoms with van der Waals surface area (Å²) >= 11 is 6.08. The van der Waals surface area contributed by atoms with E-state index >= 15 is 0 Å². The summed E-state index contributed by atoms with van der Waals surface area (Å²) in [6.45, 7) is 8.34. The lowest BCUT2D eigenvalue weighted by Crippen LogP contribution is -2.29. The van der Waals surface area contributed by atoms with Gasteiger partial charge in [-0.15, -0.1) is 11.6 Å². The molecule has 0 radical (unpaired) electrons. The van der Waals surface area contributed by atoms with Gasteiger partial charge in [-0.1, -0.05) is 245 Å². The van der Waals surface area contributed by atoms with Gasteiger partial charge in [0.1, 0.15) is 23.7 Å². The third-order valence-electron chi connectivity index (χ3n) is 13.0. The van der Waals surface area contributed by atoms with E-state index in [0.717, 1.165) is 59.3 Å². The summed E-state index contributed by atoms with van der Waals surface area (Å²) in [5.41, 5.74) is 18.9. The summed E-state index contributed by atoms with van der Waals surface area (Å²) in [5, 5.41) is 3.49. The molecule has 0 saturated carbocycles. The number of nitrogens with zero attached hydrogens (tertiary/aromatic N) is 1. The normalized spacial score (nSPS) is 11.3. The molecular weight excluding hydrogens is 1030 g/mol. The van der Waals surface area contributed by atoms with E-state index in [9.17, 15) is 18.0 Å². The lowest BCUT2D eigenvalue weighted by molar-refractivity contribution is -0.104. The standard InChI is InChI=1S/C25H25ClFN.C23H22FN.C15H12O.C8H10FN.2CH4/c1-20(21-12-14-24(27)15-13-21)28(19-17-26)18-16-25(22-8-4-2-5-9-22)23-10-6-3-7-11-23;1-18(19-12-14-22(24)15-13-19)25-17-16-23(20-8-4-2-5-9-20)21-10-6-3-7-11-21;16-12-11-15(13-7-3-1-4-8-13)14-9-5-2-6-10-14;1-6(10)7-2-4-8(9)5-3-7;;/h2-16,20H,17-19H2,1H3;2-16,18,25H,17H2,1H3;1-12H;2-6H,10H2,1H3;2*1H4/t20-;18-;;6-;;/m11.1../s1. The zero-order valence-electron chi connectivity index (χ0n) is 45.1. The van der Waals surface area contributed by atoms with Gasteiger partial charge in [0.2, 0.25) is 0 Å². The summed E-state index contributed by atoms with van der Waals surface area (Å²) < 4.78 is 38.6. The molecule has 9 aromatic rings. The lowest BCUT2D eigenvalue weighted by atomic mass is 9.97. The van der Waals surface area contributed by atoms with Crippen LogP contribution in [0.4, 0.5) is 13.2 Å². The Morgan fingerprint density at radius 2 is 0.765 bits per heavy atom. The first-order chi connectivity index (χ1) is 38.5. The van der Waals surface area contributed by atoms with Gasteiger partial charge in [0.05, 0.1) is 0 Å². The Kier molecular flexibility index (Phi) is 29.2. The fraction of sp³-hybridized carbons (Fsp3) is 0.164. The second-order valence-corrected chi connectivity index (χ2v) is 19.0. The first-order valence-corrected chi connectivity index (χ1v) is 27.0. The highest BCUT2D eigenvalue weighted by Crippen LogP contribution is 2.27. The maximum Gasteiger partial charge on any atom is 0.143 e. The fourth-order valence-corrected chi connectivity index (χ4v) is 8.84. The van der Waals surface area contributed by atoms with E-state index in [1.54, 1.807) is 18.2 Å². The van der Waals surface area contributed by atoms with Gasteiger partial charge >= 0.3 is 0 Å². The summed E-state index contributed by atoms with van der Waals surface area (Å²) in [6, 6.07) is 81.3. The van der Waals surface area contributed by atoms with E-state index in [-0.39, 0.29) is 50.4 Å². The van der Waals surface area contributed by atoms with Crippen molar-refractivity contribution in [1.29, 1.82) is 0 Å². The van der Waals surface area contributed by atoms with Gasteiger partial charge in [-0.05, 0) is 130 Å². The van der Waals surface area contributed by atoms with Crippen LogP contribution in [0.25, 0.3) is 16.7 Å². The number of benzene rings is 9. The average Bonchev–Trinajstić information content (AvgIpc) is 3.49. The second-order valence-electron chi connectivity index (χ2n) is 18.6. The van der Waals surface area contributed by atoms with Gasteiger partial charge in [0.25, 0.3) is 0 Å². The van der Waals surface area contributed by atoms with Crippen molar-refractivity contribution in [2.24, 2.45) is 5.73 Å². The minimum atomic E-state index is -0.218. The van der Waals surface area contributed by atoms with Crippen molar-refractivity contribution < 1.29 is 18.0 Å². The quantitative estimate of drug-likeness (QED) is 0.0511. The number of hydrogen-bond donors (Lipinski definition) is 2. The highest BCUT2D eigenvalue weighted by Gasteiger charge is 2.16. The number of carbonyl (C=O) groups excluding carboxylic acids is 1. The second kappa shape index (κ2) is 36.2. The number of halogens is 4. The first-order valence-electron chi connectivity index (χ1n) is 26.5. The molecule has 9 rings (SSSR count). The van der Waals surface area contributed by atoms with Gasteiger partial charge in [-0.25, -0.2) is 13.2 Å². The average molecular weight is 1100 g/mol. The number of rotatable bonds is 18. The van der Waals surface area contributed by atoms with Crippen LogP contribution < -0.4 is 11.1 Å². The maximum atomic E-state index is 13.3. The lowest BCUT2D eigenvalue weighted by Gasteiger charge is -2.28. The van der Waals surface area contributed by atoms with Crippen molar-refractivity contribution in [1.82, 2.24) is 10.2 Å². The molecule has 0 aliphatic carbocycles. The van der Waals surface area contributed by atoms with E-state index in [1.807, 2.05) is 116 Å². The van der Waals surface area contributed by atoms with Gasteiger partial charge in [0, 0.05) is 43.6 Å². The van der Waals surface area contributed by atoms with Crippen LogP contribution in [0.5, 0.6) is 0 Å². The summed E-state index contributed by atoms with van der Waals surface area (Å²) in [6.07, 6.45) is 6.90. The molecule has 0 heterocycles. The van der Waals surface area contributed by atoms with E-state index in [2.05, 4.69) is 133 Å². The van der Waals surface area contributed by atoms with Crippen LogP contribution in [0, 0.1) is 17.5 Å². The molecule has 9 aromatic carbocycles. The highest BCUT2D eigenvalue weighted by molar-refractivity contribution is 6.18. The predicted molar refractivity (Wildman–Crippen MR) is 338 cm³/mol. The number of alkyl halides is 1. The zero-order valence-corrected chi connectivity index (χ0v) is 45.8. The summed E-state index contributed by atoms with van der Waals surface area (Å²) in [7, 11) is 0. The SMILES string of the molecule is C.C.C[C@@H](N)c1ccc(F)cc1.C[C@@H](NCC=C(c1ccccc1)c1ccccc1)c1ccc(F)cc1.C[C@H](c1ccc(F)cc1)N(CC=C(c1ccccc1)c1ccccc1)CCCl.O=CC=C(c1ccccc1)c1ccccc1. The highest BCUT2D eigenvalue weighted by atomic mass is 35.5. The molecule has 0 spiro atoms. The van der Waals surface area contributed by atoms with E-state index < -0.39 is 0 Å². The van der Waals surface area contributed by atoms with Crippen molar-refractivity contribution >= 4 is 34.6 Å². The Morgan fingerprint density at radius 1 is 0.457 bits per heavy atom. The molecule has 0 aliphatic heterocycles. The topological polar surface area (TPSA) is 58.4 Å². The predicted octanol–water partition coefficient (Wildman–Crippen LogP) is 18.6. The van der Waals surface area contributed by atoms with Gasteiger partial charge in [-0.3, -0.25) is 9.69 Å². The molecule has 0 bridgehead atoms. The van der Waals surface area contributed by atoms with Crippen LogP contribution in [0.15, 0.2) is 273 Å². The van der Waals surface area contributed by atoms with Crippen LogP contribution in [-0.2, 0) is 4.79 Å². The van der Waals surface area contributed by atoms with Gasteiger partial charge < -0.3 is 11.1 Å². The number of allylic oxidation sites excluding steroid dienone is 1. The third-order valence-corrected chi connectivity index (χ3v) is 13.2. The minimum absolute atomic E-state index is 0. The molecule has 0 unspecified atom stereocenters. The molecule has 0 amide bonds. The summed E-state index contributed by atoms with van der Waals surface area (Å²) in [5.74, 6) is -0.0864. The Bertz CT molecular complexity index is 3090. The van der Waals surface area contributed by atoms with Crippen molar-refractivity contribution in [2.45, 2.75) is 53.8 Å². The van der Waals surface area contributed by atoms with Crippen molar-refractivity contribution in [3.05, 3.63) is 341 Å². The molecular formula is C73H77ClF3N3O. The molecule has 0 fully saturated rings. The molecule has 3 N–H and O–H groups in total. The Balaban J connectivity index is 0.000000244. The monoisotopic (exact) mass is 1100 g/mol. The van der Waals surface area contributed by atoms with Crippen LogP contribution in [0.2, 0.25) is 0 Å². The molecule has 8 heteroatoms. The van der Waals surface area contributed by atoms with Crippen LogP contribution >= 0.6 is 11.6 Å². The Hall–Kier alpha value is -8.17. The largest absolute Gasteiger partial charge is 0.324 e. The van der Waals surface area contributed by atoms with E-state index in [4.69, 9.17) is 17.3 Å². The molecule has 0 aromatic heterocycles. The molecule has 0 aliphatic rings. The van der Waals surface area contributed by atoms with E-state index in [1.165, 1.54) is 69.8 Å². The number of aldehydes is 1. The molecule has 3 atom stereocenters. The molecule has 418 valence electrons. The third kappa shape index (κ3) is 21.8. The smallest absolute Gasteiger partial charge is 0.143 e. The number of nitrogens with one attached hydrogen (secondary N) is 1. The zero-order chi connectivity index (χ0) is 56.0. The Labute approximate surface area is 485 Å². The van der Waals surface area contributed by atoms with Gasteiger partial charge in [0.15, 0.2) is 0 Å². The van der Waals surface area contributed by atoms with Crippen molar-refractivity contribution in [3.63, 3.8) is 0 Å². The molecule has 4 nitrogen and oxygen atoms in total. The Morgan fingerprint density at radius 3 is 1.09 bits per heavy atom. The van der Waals surface area contributed by atoms with Crippen LogP contribution in [0.3, 0.4) is 0 Å². The van der Waals surface area contributed by atoms with Gasteiger partial charge in [-0.2, -0.15) is 0 Å². The molecule has 81 heavy (non-hydrogen) atoms. The number of carbonyl (C=O) groups is 1.